The smallest absolute Gasteiger partial charge is 0.0948 e. The van der Waals surface area contributed by atoms with Crippen molar-refractivity contribution in [2.75, 3.05) is 19.5 Å². The van der Waals surface area contributed by atoms with Crippen LogP contribution in [0.3, 0.4) is 0 Å². The van der Waals surface area contributed by atoms with E-state index in [4.69, 9.17) is 10.5 Å². The first-order chi connectivity index (χ1) is 9.09. The van der Waals surface area contributed by atoms with Gasteiger partial charge in [0, 0.05) is 47.6 Å². The van der Waals surface area contributed by atoms with Gasteiger partial charge in [0.15, 0.2) is 0 Å². The number of hydrogen-bond donors (Lipinski definition) is 1. The molecule has 2 heterocycles. The number of rotatable bonds is 6. The zero-order chi connectivity index (χ0) is 13.8. The van der Waals surface area contributed by atoms with Crippen molar-refractivity contribution in [1.29, 1.82) is 0 Å². The van der Waals surface area contributed by atoms with Gasteiger partial charge in [-0.3, -0.25) is 4.21 Å². The number of nitrogens with zero attached hydrogens (tertiary/aromatic N) is 2. The number of aromatic nitrogens is 2. The van der Waals surface area contributed by atoms with E-state index in [1.807, 2.05) is 19.4 Å². The molecular weight excluding hydrogens is 262 g/mol. The molecule has 0 bridgehead atoms. The first-order valence-electron chi connectivity index (χ1n) is 6.75. The minimum absolute atomic E-state index is 0.0209. The van der Waals surface area contributed by atoms with E-state index in [0.29, 0.717) is 5.92 Å². The van der Waals surface area contributed by atoms with Crippen molar-refractivity contribution in [3.8, 4) is 0 Å². The maximum absolute atomic E-state index is 11.4. The molecule has 1 aliphatic heterocycles. The van der Waals surface area contributed by atoms with Crippen LogP contribution < -0.4 is 5.73 Å². The highest BCUT2D eigenvalue weighted by molar-refractivity contribution is 7.84. The van der Waals surface area contributed by atoms with Crippen LogP contribution in [0.5, 0.6) is 0 Å². The molecule has 19 heavy (non-hydrogen) atoms. The fourth-order valence-electron chi connectivity index (χ4n) is 2.36. The molecule has 2 N–H and O–H groups in total. The number of imidazole rings is 1. The van der Waals surface area contributed by atoms with Gasteiger partial charge in [-0.05, 0) is 12.8 Å². The van der Waals surface area contributed by atoms with Gasteiger partial charge in [-0.2, -0.15) is 0 Å². The minimum atomic E-state index is -0.776. The summed E-state index contributed by atoms with van der Waals surface area (Å²) in [6, 6.07) is -0.0209. The second kappa shape index (κ2) is 6.63. The Morgan fingerprint density at radius 1 is 1.68 bits per heavy atom. The van der Waals surface area contributed by atoms with Gasteiger partial charge in [0.1, 0.15) is 0 Å². The highest BCUT2D eigenvalue weighted by Crippen LogP contribution is 2.26. The largest absolute Gasteiger partial charge is 0.381 e. The first-order valence-corrected chi connectivity index (χ1v) is 8.37. The summed E-state index contributed by atoms with van der Waals surface area (Å²) in [5.41, 5.74) is 7.37. The summed E-state index contributed by atoms with van der Waals surface area (Å²) >= 11 is 0. The lowest BCUT2D eigenvalue weighted by Gasteiger charge is -2.20. The Morgan fingerprint density at radius 2 is 2.47 bits per heavy atom. The summed E-state index contributed by atoms with van der Waals surface area (Å²) < 4.78 is 18.9. The van der Waals surface area contributed by atoms with E-state index in [9.17, 15) is 4.21 Å². The van der Waals surface area contributed by atoms with Crippen LogP contribution >= 0.6 is 0 Å². The van der Waals surface area contributed by atoms with E-state index in [1.165, 1.54) is 0 Å². The second-order valence-electron chi connectivity index (χ2n) is 5.26. The van der Waals surface area contributed by atoms with Crippen molar-refractivity contribution in [3.63, 3.8) is 0 Å². The Hall–Kier alpha value is -0.720. The molecule has 108 valence electrons. The Morgan fingerprint density at radius 3 is 3.11 bits per heavy atom. The van der Waals surface area contributed by atoms with E-state index in [-0.39, 0.29) is 11.3 Å². The van der Waals surface area contributed by atoms with Crippen molar-refractivity contribution in [2.45, 2.75) is 37.6 Å². The maximum atomic E-state index is 11.4. The molecule has 6 heteroatoms. The molecule has 0 amide bonds. The van der Waals surface area contributed by atoms with Gasteiger partial charge >= 0.3 is 0 Å². The zero-order valence-electron chi connectivity index (χ0n) is 11.6. The lowest BCUT2D eigenvalue weighted by atomic mass is 9.97. The van der Waals surface area contributed by atoms with Gasteiger partial charge < -0.3 is 15.0 Å². The summed E-state index contributed by atoms with van der Waals surface area (Å²) in [5.74, 6) is 0.383. The molecule has 0 aliphatic carbocycles. The van der Waals surface area contributed by atoms with Crippen molar-refractivity contribution < 1.29 is 8.95 Å². The van der Waals surface area contributed by atoms with Crippen LogP contribution in [-0.2, 0) is 22.1 Å². The van der Waals surface area contributed by atoms with Crippen molar-refractivity contribution in [2.24, 2.45) is 11.7 Å². The highest BCUT2D eigenvalue weighted by atomic mass is 32.2. The third-order valence-corrected chi connectivity index (χ3v) is 5.27. The van der Waals surface area contributed by atoms with Crippen molar-refractivity contribution in [1.82, 2.24) is 9.55 Å². The molecule has 1 aliphatic rings. The Bertz CT molecular complexity index is 429. The number of aryl methyl sites for hydroxylation is 1. The van der Waals surface area contributed by atoms with Crippen LogP contribution in [0.2, 0.25) is 0 Å². The fourth-order valence-corrected chi connectivity index (χ4v) is 2.80. The van der Waals surface area contributed by atoms with Crippen LogP contribution in [0.15, 0.2) is 12.5 Å². The molecule has 0 spiro atoms. The van der Waals surface area contributed by atoms with Crippen LogP contribution in [0.1, 0.15) is 31.5 Å². The molecule has 5 nitrogen and oxygen atoms in total. The van der Waals surface area contributed by atoms with Crippen molar-refractivity contribution >= 4 is 10.8 Å². The van der Waals surface area contributed by atoms with E-state index in [1.54, 1.807) is 6.26 Å². The molecule has 4 atom stereocenters. The Balaban J connectivity index is 1.98. The molecule has 0 saturated carbocycles. The van der Waals surface area contributed by atoms with Crippen LogP contribution in [0.25, 0.3) is 0 Å². The predicted octanol–water partition coefficient (Wildman–Crippen LogP) is 1.08. The van der Waals surface area contributed by atoms with Crippen molar-refractivity contribution in [3.05, 3.63) is 18.2 Å². The average Bonchev–Trinajstić information content (AvgIpc) is 3.05. The fraction of sp³-hybridized carbons (Fsp3) is 0.769. The molecule has 2 rings (SSSR count). The average molecular weight is 285 g/mol. The van der Waals surface area contributed by atoms with Gasteiger partial charge in [0.2, 0.25) is 0 Å². The first kappa shape index (κ1) is 14.7. The quantitative estimate of drug-likeness (QED) is 0.849. The van der Waals surface area contributed by atoms with E-state index in [2.05, 4.69) is 9.55 Å². The Labute approximate surface area is 117 Å². The molecule has 0 aromatic carbocycles. The van der Waals surface area contributed by atoms with Gasteiger partial charge in [-0.25, -0.2) is 4.98 Å². The minimum Gasteiger partial charge on any atom is -0.381 e. The second-order valence-corrected chi connectivity index (χ2v) is 7.06. The monoisotopic (exact) mass is 285 g/mol. The van der Waals surface area contributed by atoms with Gasteiger partial charge in [0.25, 0.3) is 0 Å². The highest BCUT2D eigenvalue weighted by Gasteiger charge is 2.26. The number of hydrogen-bond acceptors (Lipinski definition) is 4. The predicted molar refractivity (Wildman–Crippen MR) is 76.2 cm³/mol. The third kappa shape index (κ3) is 3.64. The van der Waals surface area contributed by atoms with Gasteiger partial charge in [0.05, 0.1) is 24.7 Å². The lowest BCUT2D eigenvalue weighted by Crippen LogP contribution is -2.25. The molecule has 4 unspecified atom stereocenters. The van der Waals surface area contributed by atoms with E-state index >= 15 is 0 Å². The summed E-state index contributed by atoms with van der Waals surface area (Å²) in [6.45, 7) is 4.37. The van der Waals surface area contributed by atoms with Gasteiger partial charge in [-0.1, -0.05) is 6.92 Å². The molecule has 1 aromatic heterocycles. The van der Waals surface area contributed by atoms with Crippen LogP contribution in [0.4, 0.5) is 0 Å². The summed E-state index contributed by atoms with van der Waals surface area (Å²) in [6.07, 6.45) is 7.30. The summed E-state index contributed by atoms with van der Waals surface area (Å²) in [4.78, 5) is 4.20. The maximum Gasteiger partial charge on any atom is 0.0948 e. The lowest BCUT2D eigenvalue weighted by molar-refractivity contribution is 0.180. The SMILES string of the molecule is CC(CCn1cncc1C(N)C1CCOC1)S(C)=O. The Kier molecular flexibility index (Phi) is 5.13. The molecule has 1 saturated heterocycles. The van der Waals surface area contributed by atoms with E-state index in [0.717, 1.165) is 38.3 Å². The molecule has 0 radical (unpaired) electrons. The molecule has 1 aromatic rings. The number of ether oxygens (including phenoxy) is 1. The van der Waals surface area contributed by atoms with Crippen LogP contribution in [-0.4, -0.2) is 38.5 Å². The standard InChI is InChI=1S/C13H23N3O2S/c1-10(19(2)17)3-5-16-9-15-7-12(16)13(14)11-4-6-18-8-11/h7,9-11,13H,3-6,8,14H2,1-2H3. The number of nitrogens with two attached hydrogens (primary N) is 1. The van der Waals surface area contributed by atoms with Crippen LogP contribution in [0, 0.1) is 5.92 Å². The zero-order valence-corrected chi connectivity index (χ0v) is 12.4. The summed E-state index contributed by atoms with van der Waals surface area (Å²) in [7, 11) is -0.776. The van der Waals surface area contributed by atoms with E-state index < -0.39 is 10.8 Å². The molecule has 1 fully saturated rings. The van der Waals surface area contributed by atoms with Gasteiger partial charge in [-0.15, -0.1) is 0 Å². The third-order valence-electron chi connectivity index (χ3n) is 3.90. The summed E-state index contributed by atoms with van der Waals surface area (Å²) in [5, 5.41) is 0.196. The normalized spacial score (nSPS) is 24.3. The topological polar surface area (TPSA) is 70.1 Å². The molecular formula is C13H23N3O2S.